The van der Waals surface area contributed by atoms with Crippen molar-refractivity contribution >= 4 is 28.0 Å². The van der Waals surface area contributed by atoms with Crippen LogP contribution in [0.4, 0.5) is 4.79 Å². The lowest BCUT2D eigenvalue weighted by atomic mass is 10.2. The lowest BCUT2D eigenvalue weighted by molar-refractivity contribution is -0.142. The summed E-state index contributed by atoms with van der Waals surface area (Å²) in [5.41, 5.74) is -0.679. The maximum atomic E-state index is 12.2. The van der Waals surface area contributed by atoms with Crippen molar-refractivity contribution < 1.29 is 24.2 Å². The maximum Gasteiger partial charge on any atom is 0.411 e. The molecule has 7 heteroatoms. The van der Waals surface area contributed by atoms with E-state index in [1.807, 2.05) is 18.2 Å². The molecule has 2 unspecified atom stereocenters. The maximum absolute atomic E-state index is 12.2. The molecule has 1 amide bonds. The number of carbonyl (C=O) groups is 2. The average Bonchev–Trinajstić information content (AvgIpc) is 2.84. The smallest absolute Gasteiger partial charge is 0.411 e. The number of hydrogen-bond acceptors (Lipinski definition) is 4. The summed E-state index contributed by atoms with van der Waals surface area (Å²) >= 11 is 3.38. The van der Waals surface area contributed by atoms with E-state index in [1.54, 1.807) is 26.8 Å². The number of carbonyl (C=O) groups excluding carboxylic acids is 1. The summed E-state index contributed by atoms with van der Waals surface area (Å²) in [5.74, 6) is -0.443. The summed E-state index contributed by atoms with van der Waals surface area (Å²) in [6.07, 6.45) is -0.818. The van der Waals surface area contributed by atoms with Crippen molar-refractivity contribution in [3.05, 3.63) is 28.7 Å². The van der Waals surface area contributed by atoms with Crippen LogP contribution >= 0.6 is 15.9 Å². The second-order valence-electron chi connectivity index (χ2n) is 6.39. The monoisotopic (exact) mass is 385 g/mol. The van der Waals surface area contributed by atoms with E-state index in [0.717, 1.165) is 4.47 Å². The minimum atomic E-state index is -1.06. The minimum Gasteiger partial charge on any atom is -0.487 e. The highest BCUT2D eigenvalue weighted by molar-refractivity contribution is 9.10. The number of carboxylic acids is 1. The number of likely N-dealkylation sites (tertiary alicyclic amines) is 1. The summed E-state index contributed by atoms with van der Waals surface area (Å²) in [5, 5.41) is 9.36. The van der Waals surface area contributed by atoms with E-state index in [1.165, 1.54) is 4.90 Å². The quantitative estimate of drug-likeness (QED) is 0.863. The fourth-order valence-corrected chi connectivity index (χ4v) is 2.74. The summed E-state index contributed by atoms with van der Waals surface area (Å²) in [7, 11) is 0. The predicted octanol–water partition coefficient (Wildman–Crippen LogP) is 3.29. The van der Waals surface area contributed by atoms with E-state index in [-0.39, 0.29) is 13.0 Å². The van der Waals surface area contributed by atoms with Gasteiger partial charge in [0.1, 0.15) is 23.5 Å². The fraction of sp³-hybridized carbons (Fsp3) is 0.500. The fourth-order valence-electron chi connectivity index (χ4n) is 2.36. The topological polar surface area (TPSA) is 76.1 Å². The van der Waals surface area contributed by atoms with Crippen LogP contribution in [-0.2, 0) is 9.53 Å². The molecule has 0 aliphatic carbocycles. The van der Waals surface area contributed by atoms with Crippen molar-refractivity contribution in [3.63, 3.8) is 0 Å². The number of ether oxygens (including phenoxy) is 2. The van der Waals surface area contributed by atoms with Crippen molar-refractivity contribution in [1.82, 2.24) is 4.90 Å². The van der Waals surface area contributed by atoms with E-state index >= 15 is 0 Å². The number of rotatable bonds is 3. The zero-order valence-corrected chi connectivity index (χ0v) is 14.9. The molecule has 0 spiro atoms. The molecule has 0 saturated carbocycles. The van der Waals surface area contributed by atoms with Crippen molar-refractivity contribution in [2.45, 2.75) is 44.9 Å². The molecule has 1 heterocycles. The number of hydrogen-bond donors (Lipinski definition) is 1. The van der Waals surface area contributed by atoms with Gasteiger partial charge in [0.2, 0.25) is 0 Å². The Bertz CT molecular complexity index is 598. The molecule has 0 radical (unpaired) electrons. The van der Waals surface area contributed by atoms with E-state index in [2.05, 4.69) is 15.9 Å². The first-order chi connectivity index (χ1) is 10.7. The van der Waals surface area contributed by atoms with Gasteiger partial charge in [-0.25, -0.2) is 9.59 Å². The van der Waals surface area contributed by atoms with Crippen LogP contribution < -0.4 is 4.74 Å². The zero-order valence-electron chi connectivity index (χ0n) is 13.3. The molecule has 1 N–H and O–H groups in total. The van der Waals surface area contributed by atoms with Crippen molar-refractivity contribution in [1.29, 1.82) is 0 Å². The van der Waals surface area contributed by atoms with Crippen molar-refractivity contribution in [2.75, 3.05) is 6.54 Å². The Hall–Kier alpha value is -1.76. The highest BCUT2D eigenvalue weighted by Gasteiger charge is 2.42. The molecule has 6 nitrogen and oxygen atoms in total. The Morgan fingerprint density at radius 3 is 2.52 bits per heavy atom. The first kappa shape index (κ1) is 17.6. The highest BCUT2D eigenvalue weighted by atomic mass is 79.9. The minimum absolute atomic E-state index is 0.174. The van der Waals surface area contributed by atoms with Crippen LogP contribution in [0.25, 0.3) is 0 Å². The Balaban J connectivity index is 2.10. The van der Waals surface area contributed by atoms with Crippen LogP contribution in [0.15, 0.2) is 28.7 Å². The Labute approximate surface area is 143 Å². The van der Waals surface area contributed by atoms with Crippen LogP contribution in [0.3, 0.4) is 0 Å². The van der Waals surface area contributed by atoms with Crippen LogP contribution in [0.5, 0.6) is 5.75 Å². The molecule has 2 rings (SSSR count). The molecule has 1 fully saturated rings. The third-order valence-corrected chi connectivity index (χ3v) is 3.96. The van der Waals surface area contributed by atoms with Gasteiger partial charge in [0.15, 0.2) is 0 Å². The van der Waals surface area contributed by atoms with Gasteiger partial charge >= 0.3 is 12.1 Å². The molecule has 0 aromatic heterocycles. The SMILES string of the molecule is CC(C)(C)OC(=O)N1CC(Oc2ccccc2Br)CC1C(=O)O. The number of para-hydroxylation sites is 1. The van der Waals surface area contributed by atoms with Gasteiger partial charge in [0.05, 0.1) is 11.0 Å². The van der Waals surface area contributed by atoms with Gasteiger partial charge in [-0.2, -0.15) is 0 Å². The summed E-state index contributed by atoms with van der Waals surface area (Å²) in [6, 6.07) is 6.37. The Morgan fingerprint density at radius 1 is 1.30 bits per heavy atom. The Morgan fingerprint density at radius 2 is 1.96 bits per heavy atom. The van der Waals surface area contributed by atoms with E-state index in [4.69, 9.17) is 9.47 Å². The number of nitrogens with zero attached hydrogens (tertiary/aromatic N) is 1. The van der Waals surface area contributed by atoms with Gasteiger partial charge in [-0.3, -0.25) is 4.90 Å². The lowest BCUT2D eigenvalue weighted by Crippen LogP contribution is -2.43. The molecule has 0 bridgehead atoms. The molecule has 2 atom stereocenters. The summed E-state index contributed by atoms with van der Waals surface area (Å²) in [6.45, 7) is 5.40. The van der Waals surface area contributed by atoms with Gasteiger partial charge < -0.3 is 14.6 Å². The van der Waals surface area contributed by atoms with Crippen molar-refractivity contribution in [3.8, 4) is 5.75 Å². The zero-order chi connectivity index (χ0) is 17.2. The van der Waals surface area contributed by atoms with Crippen LogP contribution in [0.1, 0.15) is 27.2 Å². The van der Waals surface area contributed by atoms with Crippen LogP contribution in [-0.4, -0.2) is 46.4 Å². The van der Waals surface area contributed by atoms with Crippen LogP contribution in [0.2, 0.25) is 0 Å². The van der Waals surface area contributed by atoms with E-state index < -0.39 is 29.8 Å². The van der Waals surface area contributed by atoms with E-state index in [0.29, 0.717) is 5.75 Å². The van der Waals surface area contributed by atoms with Gasteiger partial charge in [-0.1, -0.05) is 12.1 Å². The number of carboxylic acid groups (broad SMARTS) is 1. The second kappa shape index (κ2) is 6.78. The normalized spacial score (nSPS) is 21.1. The predicted molar refractivity (Wildman–Crippen MR) is 87.5 cm³/mol. The highest BCUT2D eigenvalue weighted by Crippen LogP contribution is 2.29. The first-order valence-corrected chi connectivity index (χ1v) is 8.10. The molecule has 1 saturated heterocycles. The first-order valence-electron chi connectivity index (χ1n) is 7.31. The molecule has 1 aliphatic rings. The molecule has 1 aliphatic heterocycles. The van der Waals surface area contributed by atoms with Gasteiger partial charge in [0.25, 0.3) is 0 Å². The summed E-state index contributed by atoms with van der Waals surface area (Å²) in [4.78, 5) is 24.9. The molecular formula is C16H20BrNO5. The van der Waals surface area contributed by atoms with Crippen molar-refractivity contribution in [2.24, 2.45) is 0 Å². The van der Waals surface area contributed by atoms with E-state index in [9.17, 15) is 14.7 Å². The number of aliphatic carboxylic acids is 1. The number of amides is 1. The molecular weight excluding hydrogens is 366 g/mol. The number of benzene rings is 1. The van der Waals surface area contributed by atoms with Gasteiger partial charge in [0, 0.05) is 6.42 Å². The van der Waals surface area contributed by atoms with Gasteiger partial charge in [-0.05, 0) is 48.8 Å². The van der Waals surface area contributed by atoms with Gasteiger partial charge in [-0.15, -0.1) is 0 Å². The third kappa shape index (κ3) is 4.60. The summed E-state index contributed by atoms with van der Waals surface area (Å²) < 4.78 is 11.9. The lowest BCUT2D eigenvalue weighted by Gasteiger charge is -2.26. The Kier molecular flexibility index (Phi) is 5.19. The third-order valence-electron chi connectivity index (χ3n) is 3.31. The molecule has 1 aromatic rings. The molecule has 23 heavy (non-hydrogen) atoms. The van der Waals surface area contributed by atoms with Crippen LogP contribution in [0, 0.1) is 0 Å². The second-order valence-corrected chi connectivity index (χ2v) is 7.25. The number of halogens is 1. The largest absolute Gasteiger partial charge is 0.487 e. The average molecular weight is 386 g/mol. The molecule has 1 aromatic carbocycles. The standard InChI is InChI=1S/C16H20BrNO5/c1-16(2,3)23-15(21)18-9-10(8-12(18)14(19)20)22-13-7-5-4-6-11(13)17/h4-7,10,12H,8-9H2,1-3H3,(H,19,20). The molecule has 126 valence electrons.